The molecule has 82 valence electrons. The number of rotatable bonds is 2. The number of aromatic carboxylic acids is 1. The van der Waals surface area contributed by atoms with Gasteiger partial charge in [-0.2, -0.15) is 0 Å². The van der Waals surface area contributed by atoms with Gasteiger partial charge in [0.05, 0.1) is 16.8 Å². The first kappa shape index (κ1) is 10.6. The number of hydrogen-bond acceptors (Lipinski definition) is 2. The van der Waals surface area contributed by atoms with Crippen molar-refractivity contribution in [2.45, 2.75) is 20.3 Å². The average molecular weight is 215 g/mol. The van der Waals surface area contributed by atoms with Crippen LogP contribution in [0.2, 0.25) is 0 Å². The standard InChI is InChI=1S/C13H13NO2/c1-3-9-4-5-12-10(6-9)7-11(13(15)16)8(2)14-12/h4-7H,3H2,1-2H3,(H,15,16). The van der Waals surface area contributed by atoms with Gasteiger partial charge in [0.15, 0.2) is 0 Å². The van der Waals surface area contributed by atoms with Crippen LogP contribution in [0.5, 0.6) is 0 Å². The molecule has 0 radical (unpaired) electrons. The number of aromatic nitrogens is 1. The highest BCUT2D eigenvalue weighted by Gasteiger charge is 2.09. The molecule has 0 saturated heterocycles. The molecule has 0 amide bonds. The van der Waals surface area contributed by atoms with Gasteiger partial charge in [-0.25, -0.2) is 4.79 Å². The van der Waals surface area contributed by atoms with Crippen LogP contribution in [-0.4, -0.2) is 16.1 Å². The molecule has 0 bridgehead atoms. The van der Waals surface area contributed by atoms with Crippen molar-refractivity contribution in [3.05, 3.63) is 41.1 Å². The van der Waals surface area contributed by atoms with Crippen molar-refractivity contribution in [1.29, 1.82) is 0 Å². The van der Waals surface area contributed by atoms with Crippen molar-refractivity contribution in [2.75, 3.05) is 0 Å². The van der Waals surface area contributed by atoms with E-state index in [9.17, 15) is 4.79 Å². The Balaban J connectivity index is 2.70. The zero-order valence-corrected chi connectivity index (χ0v) is 9.32. The molecule has 2 rings (SSSR count). The summed E-state index contributed by atoms with van der Waals surface area (Å²) in [6, 6.07) is 7.65. The van der Waals surface area contributed by atoms with Crippen LogP contribution in [0.3, 0.4) is 0 Å². The van der Waals surface area contributed by atoms with Gasteiger partial charge >= 0.3 is 5.97 Å². The fourth-order valence-corrected chi connectivity index (χ4v) is 1.76. The van der Waals surface area contributed by atoms with Gasteiger partial charge in [-0.05, 0) is 37.1 Å². The van der Waals surface area contributed by atoms with E-state index in [4.69, 9.17) is 5.11 Å². The summed E-state index contributed by atoms with van der Waals surface area (Å²) in [5.41, 5.74) is 2.87. The van der Waals surface area contributed by atoms with Gasteiger partial charge < -0.3 is 5.11 Å². The van der Waals surface area contributed by atoms with Crippen molar-refractivity contribution in [3.63, 3.8) is 0 Å². The summed E-state index contributed by atoms with van der Waals surface area (Å²) in [7, 11) is 0. The Morgan fingerprint density at radius 2 is 2.12 bits per heavy atom. The van der Waals surface area contributed by atoms with Gasteiger partial charge in [0.2, 0.25) is 0 Å². The van der Waals surface area contributed by atoms with Crippen LogP contribution in [0.15, 0.2) is 24.3 Å². The van der Waals surface area contributed by atoms with Crippen LogP contribution in [0.1, 0.15) is 28.5 Å². The minimum absolute atomic E-state index is 0.278. The van der Waals surface area contributed by atoms with Crippen molar-refractivity contribution < 1.29 is 9.90 Å². The number of pyridine rings is 1. The Morgan fingerprint density at radius 1 is 1.38 bits per heavy atom. The Morgan fingerprint density at radius 3 is 2.75 bits per heavy atom. The molecule has 2 aromatic rings. The molecule has 1 N–H and O–H groups in total. The van der Waals surface area contributed by atoms with Crippen LogP contribution in [0.25, 0.3) is 10.9 Å². The lowest BCUT2D eigenvalue weighted by Gasteiger charge is -2.05. The van der Waals surface area contributed by atoms with Gasteiger partial charge in [0, 0.05) is 5.39 Å². The van der Waals surface area contributed by atoms with Gasteiger partial charge in [-0.1, -0.05) is 13.0 Å². The highest BCUT2D eigenvalue weighted by Crippen LogP contribution is 2.18. The van der Waals surface area contributed by atoms with E-state index in [0.717, 1.165) is 17.3 Å². The maximum Gasteiger partial charge on any atom is 0.337 e. The fourth-order valence-electron chi connectivity index (χ4n) is 1.76. The van der Waals surface area contributed by atoms with Gasteiger partial charge in [0.1, 0.15) is 0 Å². The van der Waals surface area contributed by atoms with Crippen molar-refractivity contribution in [1.82, 2.24) is 4.98 Å². The summed E-state index contributed by atoms with van der Waals surface area (Å²) in [5, 5.41) is 9.90. The van der Waals surface area contributed by atoms with E-state index >= 15 is 0 Å². The molecule has 0 atom stereocenters. The van der Waals surface area contributed by atoms with Gasteiger partial charge in [-0.15, -0.1) is 0 Å². The number of nitrogens with zero attached hydrogens (tertiary/aromatic N) is 1. The number of benzene rings is 1. The predicted molar refractivity (Wildman–Crippen MR) is 62.8 cm³/mol. The van der Waals surface area contributed by atoms with E-state index in [2.05, 4.69) is 11.9 Å². The molecule has 0 fully saturated rings. The van der Waals surface area contributed by atoms with Crippen LogP contribution in [0.4, 0.5) is 0 Å². The molecule has 1 aromatic heterocycles. The lowest BCUT2D eigenvalue weighted by Crippen LogP contribution is -2.02. The summed E-state index contributed by atoms with van der Waals surface area (Å²) >= 11 is 0. The second-order valence-corrected chi connectivity index (χ2v) is 3.81. The molecule has 0 saturated carbocycles. The van der Waals surface area contributed by atoms with Gasteiger partial charge in [0.25, 0.3) is 0 Å². The summed E-state index contributed by atoms with van der Waals surface area (Å²) < 4.78 is 0. The third kappa shape index (κ3) is 1.76. The SMILES string of the molecule is CCc1ccc2nc(C)c(C(=O)O)cc2c1. The summed E-state index contributed by atoms with van der Waals surface area (Å²) in [6.07, 6.45) is 0.937. The fraction of sp³-hybridized carbons (Fsp3) is 0.231. The molecule has 1 heterocycles. The molecule has 0 aliphatic carbocycles. The maximum absolute atomic E-state index is 11.0. The number of carbonyl (C=O) groups is 1. The minimum Gasteiger partial charge on any atom is -0.478 e. The second-order valence-electron chi connectivity index (χ2n) is 3.81. The maximum atomic E-state index is 11.0. The third-order valence-corrected chi connectivity index (χ3v) is 2.71. The number of carboxylic acid groups (broad SMARTS) is 1. The average Bonchev–Trinajstić information content (AvgIpc) is 2.27. The molecule has 0 unspecified atom stereocenters. The normalized spacial score (nSPS) is 10.6. The second kappa shape index (κ2) is 3.93. The lowest BCUT2D eigenvalue weighted by molar-refractivity contribution is 0.0696. The largest absolute Gasteiger partial charge is 0.478 e. The van der Waals surface area contributed by atoms with Crippen LogP contribution in [0, 0.1) is 6.92 Å². The monoisotopic (exact) mass is 215 g/mol. The van der Waals surface area contributed by atoms with Crippen molar-refractivity contribution in [2.24, 2.45) is 0 Å². The molecular formula is C13H13NO2. The number of aryl methyl sites for hydroxylation is 2. The zero-order valence-electron chi connectivity index (χ0n) is 9.32. The first-order valence-corrected chi connectivity index (χ1v) is 5.25. The smallest absolute Gasteiger partial charge is 0.337 e. The van der Waals surface area contributed by atoms with E-state index in [-0.39, 0.29) is 5.56 Å². The molecule has 3 nitrogen and oxygen atoms in total. The lowest BCUT2D eigenvalue weighted by atomic mass is 10.1. The van der Waals surface area contributed by atoms with Crippen molar-refractivity contribution in [3.8, 4) is 0 Å². The third-order valence-electron chi connectivity index (χ3n) is 2.71. The van der Waals surface area contributed by atoms with Crippen LogP contribution >= 0.6 is 0 Å². The Kier molecular flexibility index (Phi) is 2.60. The van der Waals surface area contributed by atoms with Crippen LogP contribution in [-0.2, 0) is 6.42 Å². The van der Waals surface area contributed by atoms with Crippen LogP contribution < -0.4 is 0 Å². The predicted octanol–water partition coefficient (Wildman–Crippen LogP) is 2.80. The van der Waals surface area contributed by atoms with E-state index in [0.29, 0.717) is 5.69 Å². The molecule has 0 aliphatic rings. The summed E-state index contributed by atoms with van der Waals surface area (Å²) in [5.74, 6) is -0.922. The minimum atomic E-state index is -0.922. The Hall–Kier alpha value is -1.90. The highest BCUT2D eigenvalue weighted by atomic mass is 16.4. The Labute approximate surface area is 93.7 Å². The highest BCUT2D eigenvalue weighted by molar-refractivity contribution is 5.94. The molecule has 1 aromatic carbocycles. The Bertz CT molecular complexity index is 561. The number of hydrogen-bond donors (Lipinski definition) is 1. The molecule has 0 aliphatic heterocycles. The molecule has 3 heteroatoms. The van der Waals surface area contributed by atoms with E-state index in [1.54, 1.807) is 13.0 Å². The van der Waals surface area contributed by atoms with E-state index < -0.39 is 5.97 Å². The summed E-state index contributed by atoms with van der Waals surface area (Å²) in [4.78, 5) is 15.3. The zero-order chi connectivity index (χ0) is 11.7. The first-order chi connectivity index (χ1) is 7.61. The number of carboxylic acids is 1. The van der Waals surface area contributed by atoms with E-state index in [1.807, 2.05) is 18.2 Å². The molecule has 0 spiro atoms. The topological polar surface area (TPSA) is 50.2 Å². The number of fused-ring (bicyclic) bond motifs is 1. The molecule has 16 heavy (non-hydrogen) atoms. The van der Waals surface area contributed by atoms with E-state index in [1.165, 1.54) is 5.56 Å². The molecular weight excluding hydrogens is 202 g/mol. The first-order valence-electron chi connectivity index (χ1n) is 5.25. The van der Waals surface area contributed by atoms with Gasteiger partial charge in [-0.3, -0.25) is 4.98 Å². The quantitative estimate of drug-likeness (QED) is 0.838. The van der Waals surface area contributed by atoms with Crippen molar-refractivity contribution >= 4 is 16.9 Å². The summed E-state index contributed by atoms with van der Waals surface area (Å²) in [6.45, 7) is 3.79.